The summed E-state index contributed by atoms with van der Waals surface area (Å²) in [5.74, 6) is -1.72. The second kappa shape index (κ2) is 6.54. The number of para-hydroxylation sites is 1. The molecule has 0 saturated carbocycles. The van der Waals surface area contributed by atoms with E-state index in [1.165, 1.54) is 0 Å². The number of nitrogens with one attached hydrogen (secondary N) is 3. The maximum absolute atomic E-state index is 12.7. The number of carboxylic acid groups (broad SMARTS) is 1. The molecule has 1 aliphatic rings. The van der Waals surface area contributed by atoms with Crippen LogP contribution in [0.1, 0.15) is 24.2 Å². The Bertz CT molecular complexity index is 764. The predicted octanol–water partition coefficient (Wildman–Crippen LogP) is 0.919. The van der Waals surface area contributed by atoms with Crippen LogP contribution in [0.15, 0.2) is 36.5 Å². The highest BCUT2D eigenvalue weighted by Crippen LogP contribution is 2.21. The number of fused-ring (bicyclic) bond motifs is 1. The van der Waals surface area contributed by atoms with Crippen LogP contribution in [-0.2, 0) is 4.79 Å². The van der Waals surface area contributed by atoms with Gasteiger partial charge in [0.25, 0.3) is 5.91 Å². The highest BCUT2D eigenvalue weighted by Gasteiger charge is 2.41. The molecule has 1 saturated heterocycles. The molecule has 7 heteroatoms. The summed E-state index contributed by atoms with van der Waals surface area (Å²) in [6.07, 6.45) is 1.55. The number of rotatable bonds is 4. The lowest BCUT2D eigenvalue weighted by atomic mass is 9.88. The lowest BCUT2D eigenvalue weighted by Gasteiger charge is -2.26. The van der Waals surface area contributed by atoms with Crippen LogP contribution in [-0.4, -0.2) is 40.1 Å². The summed E-state index contributed by atoms with van der Waals surface area (Å²) in [6, 6.07) is 7.75. The Kier molecular flexibility index (Phi) is 4.46. The number of nitrogens with zero attached hydrogens (tertiary/aromatic N) is 1. The number of amides is 1. The highest BCUT2D eigenvalue weighted by atomic mass is 16.4. The third-order valence-corrected chi connectivity index (χ3v) is 4.52. The number of hydrogen-bond donors (Lipinski definition) is 4. The monoisotopic (exact) mass is 328 g/mol. The SMILES string of the molecule is CC1NNC(C)C1C(NC(=O)c1ccnc2ccccc12)C(=O)O. The molecule has 0 radical (unpaired) electrons. The summed E-state index contributed by atoms with van der Waals surface area (Å²) < 4.78 is 0. The van der Waals surface area contributed by atoms with Gasteiger partial charge in [-0.15, -0.1) is 0 Å². The molecule has 7 nitrogen and oxygen atoms in total. The molecule has 0 aliphatic carbocycles. The molecule has 1 aliphatic heterocycles. The average Bonchev–Trinajstić information content (AvgIpc) is 2.90. The molecule has 1 amide bonds. The summed E-state index contributed by atoms with van der Waals surface area (Å²) in [6.45, 7) is 3.79. The minimum absolute atomic E-state index is 0.0735. The van der Waals surface area contributed by atoms with E-state index in [2.05, 4.69) is 21.2 Å². The van der Waals surface area contributed by atoms with Crippen LogP contribution < -0.4 is 16.2 Å². The molecule has 0 bridgehead atoms. The Hall–Kier alpha value is -2.51. The number of carbonyl (C=O) groups is 2. The van der Waals surface area contributed by atoms with Gasteiger partial charge in [-0.05, 0) is 26.0 Å². The topological polar surface area (TPSA) is 103 Å². The van der Waals surface area contributed by atoms with Crippen LogP contribution in [0.4, 0.5) is 0 Å². The van der Waals surface area contributed by atoms with Crippen molar-refractivity contribution in [2.75, 3.05) is 0 Å². The van der Waals surface area contributed by atoms with Gasteiger partial charge in [0.05, 0.1) is 11.1 Å². The Morgan fingerprint density at radius 1 is 1.17 bits per heavy atom. The van der Waals surface area contributed by atoms with Crippen molar-refractivity contribution in [3.05, 3.63) is 42.1 Å². The van der Waals surface area contributed by atoms with Crippen molar-refractivity contribution in [3.63, 3.8) is 0 Å². The molecule has 2 aromatic rings. The first-order valence-corrected chi connectivity index (χ1v) is 7.87. The fraction of sp³-hybridized carbons (Fsp3) is 0.353. The van der Waals surface area contributed by atoms with Crippen molar-refractivity contribution in [1.29, 1.82) is 0 Å². The Balaban J connectivity index is 1.90. The zero-order valence-electron chi connectivity index (χ0n) is 13.5. The minimum atomic E-state index is -1.05. The minimum Gasteiger partial charge on any atom is -0.480 e. The molecule has 1 aromatic heterocycles. The van der Waals surface area contributed by atoms with E-state index in [9.17, 15) is 14.7 Å². The van der Waals surface area contributed by atoms with Crippen molar-refractivity contribution in [3.8, 4) is 0 Å². The maximum atomic E-state index is 12.7. The van der Waals surface area contributed by atoms with Gasteiger partial charge < -0.3 is 10.4 Å². The number of pyridine rings is 1. The Labute approximate surface area is 139 Å². The molecule has 1 aromatic carbocycles. The van der Waals surface area contributed by atoms with Crippen LogP contribution in [0.3, 0.4) is 0 Å². The second-order valence-corrected chi connectivity index (χ2v) is 6.11. The lowest BCUT2D eigenvalue weighted by Crippen LogP contribution is -2.51. The molecule has 4 N–H and O–H groups in total. The molecular weight excluding hydrogens is 308 g/mol. The number of carboxylic acids is 1. The third kappa shape index (κ3) is 2.95. The number of benzene rings is 1. The van der Waals surface area contributed by atoms with Crippen LogP contribution >= 0.6 is 0 Å². The molecule has 1 fully saturated rings. The molecule has 3 atom stereocenters. The number of aromatic nitrogens is 1. The van der Waals surface area contributed by atoms with Gasteiger partial charge >= 0.3 is 5.97 Å². The Morgan fingerprint density at radius 2 is 1.83 bits per heavy atom. The van der Waals surface area contributed by atoms with Crippen LogP contribution in [0.5, 0.6) is 0 Å². The zero-order chi connectivity index (χ0) is 17.3. The molecule has 3 unspecified atom stereocenters. The van der Waals surface area contributed by atoms with Crippen molar-refractivity contribution in [2.24, 2.45) is 5.92 Å². The predicted molar refractivity (Wildman–Crippen MR) is 89.3 cm³/mol. The van der Waals surface area contributed by atoms with Gasteiger partial charge in [-0.1, -0.05) is 18.2 Å². The molecule has 24 heavy (non-hydrogen) atoms. The normalized spacial score (nSPS) is 24.7. The summed E-state index contributed by atoms with van der Waals surface area (Å²) in [7, 11) is 0. The largest absolute Gasteiger partial charge is 0.480 e. The van der Waals surface area contributed by atoms with Gasteiger partial charge in [-0.25, -0.2) is 4.79 Å². The summed E-state index contributed by atoms with van der Waals surface area (Å²) >= 11 is 0. The third-order valence-electron chi connectivity index (χ3n) is 4.52. The van der Waals surface area contributed by atoms with Crippen molar-refractivity contribution in [1.82, 2.24) is 21.2 Å². The van der Waals surface area contributed by atoms with E-state index in [1.54, 1.807) is 18.3 Å². The first-order valence-electron chi connectivity index (χ1n) is 7.87. The number of hydrogen-bond acceptors (Lipinski definition) is 5. The van der Waals surface area contributed by atoms with Crippen LogP contribution in [0.25, 0.3) is 10.9 Å². The van der Waals surface area contributed by atoms with Gasteiger partial charge in [-0.2, -0.15) is 0 Å². The van der Waals surface area contributed by atoms with E-state index >= 15 is 0 Å². The highest BCUT2D eigenvalue weighted by molar-refractivity contribution is 6.07. The van der Waals surface area contributed by atoms with E-state index in [0.29, 0.717) is 16.5 Å². The Morgan fingerprint density at radius 3 is 2.50 bits per heavy atom. The second-order valence-electron chi connectivity index (χ2n) is 6.11. The molecule has 0 spiro atoms. The van der Waals surface area contributed by atoms with E-state index in [0.717, 1.165) is 0 Å². The summed E-state index contributed by atoms with van der Waals surface area (Å²) in [4.78, 5) is 28.6. The number of carbonyl (C=O) groups excluding carboxylic acids is 1. The lowest BCUT2D eigenvalue weighted by molar-refractivity contribution is -0.141. The first-order chi connectivity index (χ1) is 11.5. The molecule has 2 heterocycles. The van der Waals surface area contributed by atoms with E-state index in [4.69, 9.17) is 0 Å². The fourth-order valence-corrected chi connectivity index (χ4v) is 3.30. The molecule has 3 rings (SSSR count). The van der Waals surface area contributed by atoms with Gasteiger partial charge in [0.15, 0.2) is 0 Å². The van der Waals surface area contributed by atoms with Crippen LogP contribution in [0, 0.1) is 5.92 Å². The molecule has 126 valence electrons. The fourth-order valence-electron chi connectivity index (χ4n) is 3.30. The maximum Gasteiger partial charge on any atom is 0.326 e. The van der Waals surface area contributed by atoms with Gasteiger partial charge in [0.1, 0.15) is 6.04 Å². The van der Waals surface area contributed by atoms with Gasteiger partial charge in [0.2, 0.25) is 0 Å². The number of aliphatic carboxylic acids is 1. The standard InChI is InChI=1S/C17H20N4O3/c1-9-14(10(2)21-20-9)15(17(23)24)19-16(22)12-7-8-18-13-6-4-3-5-11(12)13/h3-10,14-15,20-21H,1-2H3,(H,19,22)(H,23,24). The average molecular weight is 328 g/mol. The molecular formula is C17H20N4O3. The van der Waals surface area contributed by atoms with Crippen molar-refractivity contribution >= 4 is 22.8 Å². The number of hydrazine groups is 1. The van der Waals surface area contributed by atoms with Crippen molar-refractivity contribution in [2.45, 2.75) is 32.0 Å². The first kappa shape index (κ1) is 16.4. The van der Waals surface area contributed by atoms with E-state index in [1.807, 2.05) is 32.0 Å². The van der Waals surface area contributed by atoms with Gasteiger partial charge in [0, 0.05) is 29.6 Å². The van der Waals surface area contributed by atoms with E-state index < -0.39 is 17.9 Å². The van der Waals surface area contributed by atoms with E-state index in [-0.39, 0.29) is 18.0 Å². The van der Waals surface area contributed by atoms with Crippen molar-refractivity contribution < 1.29 is 14.7 Å². The smallest absolute Gasteiger partial charge is 0.326 e. The van der Waals surface area contributed by atoms with Gasteiger partial charge in [-0.3, -0.25) is 20.6 Å². The van der Waals surface area contributed by atoms with Crippen LogP contribution in [0.2, 0.25) is 0 Å². The zero-order valence-corrected chi connectivity index (χ0v) is 13.5. The summed E-state index contributed by atoms with van der Waals surface area (Å²) in [5.41, 5.74) is 7.16. The quantitative estimate of drug-likeness (QED) is 0.665. The summed E-state index contributed by atoms with van der Waals surface area (Å²) in [5, 5.41) is 13.0.